The topological polar surface area (TPSA) is 38.7 Å². The zero-order valence-electron chi connectivity index (χ0n) is 10.9. The van der Waals surface area contributed by atoms with E-state index in [4.69, 9.17) is 0 Å². The molecule has 0 unspecified atom stereocenters. The second-order valence-electron chi connectivity index (χ2n) is 4.44. The van der Waals surface area contributed by atoms with Gasteiger partial charge in [0.2, 0.25) is 0 Å². The largest absolute Gasteiger partial charge is 0.230 e. The zero-order valence-corrected chi connectivity index (χ0v) is 10.9. The predicted octanol–water partition coefficient (Wildman–Crippen LogP) is 3.65. The molecule has 0 aliphatic heterocycles. The van der Waals surface area contributed by atoms with Gasteiger partial charge in [-0.3, -0.25) is 0 Å². The first-order chi connectivity index (χ1) is 9.74. The third-order valence-electron chi connectivity index (χ3n) is 3.01. The maximum atomic E-state index is 12.9. The van der Waals surface area contributed by atoms with Gasteiger partial charge >= 0.3 is 0 Å². The Balaban J connectivity index is 2.02. The van der Waals surface area contributed by atoms with Crippen molar-refractivity contribution < 1.29 is 4.39 Å². The van der Waals surface area contributed by atoms with Crippen molar-refractivity contribution in [3.63, 3.8) is 0 Å². The maximum absolute atomic E-state index is 12.9. The van der Waals surface area contributed by atoms with Crippen molar-refractivity contribution in [3.8, 4) is 22.6 Å². The number of aryl methyl sites for hydroxylation is 1. The number of benzene rings is 2. The van der Waals surface area contributed by atoms with Gasteiger partial charge in [0.05, 0.1) is 5.69 Å². The molecule has 0 fully saturated rings. The lowest BCUT2D eigenvalue weighted by molar-refractivity contribution is 0.628. The number of nitrogens with zero attached hydrogens (tertiary/aromatic N) is 3. The number of hydrogen-bond donors (Lipinski definition) is 0. The minimum Gasteiger partial charge on any atom is -0.230 e. The molecular weight excluding hydrogens is 253 g/mol. The van der Waals surface area contributed by atoms with Crippen LogP contribution in [0, 0.1) is 12.7 Å². The molecule has 0 saturated heterocycles. The highest BCUT2D eigenvalue weighted by Crippen LogP contribution is 2.21. The van der Waals surface area contributed by atoms with E-state index in [-0.39, 0.29) is 5.82 Å². The molecule has 98 valence electrons. The molecule has 0 atom stereocenters. The van der Waals surface area contributed by atoms with Crippen molar-refractivity contribution in [2.75, 3.05) is 0 Å². The van der Waals surface area contributed by atoms with E-state index in [1.165, 1.54) is 12.1 Å². The van der Waals surface area contributed by atoms with Crippen LogP contribution in [-0.2, 0) is 0 Å². The molecule has 1 aromatic heterocycles. The van der Waals surface area contributed by atoms with E-state index >= 15 is 0 Å². The minimum atomic E-state index is -0.270. The Morgan fingerprint density at radius 1 is 0.800 bits per heavy atom. The summed E-state index contributed by atoms with van der Waals surface area (Å²) in [6, 6.07) is 15.8. The summed E-state index contributed by atoms with van der Waals surface area (Å²) in [6.45, 7) is 1.87. The maximum Gasteiger partial charge on any atom is 0.182 e. The smallest absolute Gasteiger partial charge is 0.182 e. The van der Waals surface area contributed by atoms with Crippen LogP contribution < -0.4 is 0 Å². The molecule has 1 heterocycles. The first kappa shape index (κ1) is 12.4. The third-order valence-corrected chi connectivity index (χ3v) is 3.01. The molecule has 3 rings (SSSR count). The molecule has 4 heteroatoms. The standard InChI is InChI=1S/C16H12FN3/c1-11-15(12-7-9-14(17)10-8-12)19-20-16(18-11)13-5-3-2-4-6-13/h2-10H,1H3. The second-order valence-corrected chi connectivity index (χ2v) is 4.44. The van der Waals surface area contributed by atoms with E-state index in [2.05, 4.69) is 15.2 Å². The molecule has 3 nitrogen and oxygen atoms in total. The van der Waals surface area contributed by atoms with Crippen LogP contribution in [0.25, 0.3) is 22.6 Å². The van der Waals surface area contributed by atoms with Gasteiger partial charge in [0.25, 0.3) is 0 Å². The summed E-state index contributed by atoms with van der Waals surface area (Å²) in [5.41, 5.74) is 3.17. The Bertz CT molecular complexity index is 724. The zero-order chi connectivity index (χ0) is 13.9. The monoisotopic (exact) mass is 265 g/mol. The molecule has 0 aliphatic carbocycles. The van der Waals surface area contributed by atoms with Gasteiger partial charge in [-0.25, -0.2) is 9.37 Å². The Kier molecular flexibility index (Phi) is 3.21. The van der Waals surface area contributed by atoms with Crippen LogP contribution in [0.3, 0.4) is 0 Å². The lowest BCUT2D eigenvalue weighted by Crippen LogP contribution is -1.99. The molecule has 0 spiro atoms. The Morgan fingerprint density at radius 2 is 1.50 bits per heavy atom. The average molecular weight is 265 g/mol. The van der Waals surface area contributed by atoms with E-state index in [1.54, 1.807) is 12.1 Å². The van der Waals surface area contributed by atoms with Gasteiger partial charge in [-0.05, 0) is 31.2 Å². The summed E-state index contributed by atoms with van der Waals surface area (Å²) in [7, 11) is 0. The van der Waals surface area contributed by atoms with Crippen molar-refractivity contribution in [2.24, 2.45) is 0 Å². The van der Waals surface area contributed by atoms with Gasteiger partial charge in [-0.2, -0.15) is 0 Å². The fraction of sp³-hybridized carbons (Fsp3) is 0.0625. The van der Waals surface area contributed by atoms with Crippen molar-refractivity contribution in [1.82, 2.24) is 15.2 Å². The number of halogens is 1. The van der Waals surface area contributed by atoms with Crippen LogP contribution in [0.15, 0.2) is 54.6 Å². The predicted molar refractivity (Wildman–Crippen MR) is 75.4 cm³/mol. The Hall–Kier alpha value is -2.62. The van der Waals surface area contributed by atoms with Gasteiger partial charge in [-0.1, -0.05) is 30.3 Å². The highest BCUT2D eigenvalue weighted by Gasteiger charge is 2.09. The van der Waals surface area contributed by atoms with Crippen molar-refractivity contribution >= 4 is 0 Å². The summed E-state index contributed by atoms with van der Waals surface area (Å²) in [5, 5.41) is 8.37. The van der Waals surface area contributed by atoms with Crippen molar-refractivity contribution in [3.05, 3.63) is 66.1 Å². The SMILES string of the molecule is Cc1nc(-c2ccccc2)nnc1-c1ccc(F)cc1. The number of aromatic nitrogens is 3. The van der Waals surface area contributed by atoms with Crippen LogP contribution in [0.4, 0.5) is 4.39 Å². The van der Waals surface area contributed by atoms with E-state index in [0.29, 0.717) is 11.5 Å². The van der Waals surface area contributed by atoms with Crippen LogP contribution in [-0.4, -0.2) is 15.2 Å². The van der Waals surface area contributed by atoms with E-state index in [0.717, 1.165) is 16.8 Å². The fourth-order valence-corrected chi connectivity index (χ4v) is 1.99. The molecule has 0 bridgehead atoms. The molecule has 0 saturated carbocycles. The molecular formula is C16H12FN3. The van der Waals surface area contributed by atoms with Crippen LogP contribution in [0.1, 0.15) is 5.69 Å². The van der Waals surface area contributed by atoms with Crippen molar-refractivity contribution in [2.45, 2.75) is 6.92 Å². The van der Waals surface area contributed by atoms with Crippen molar-refractivity contribution in [1.29, 1.82) is 0 Å². The Morgan fingerprint density at radius 3 is 2.15 bits per heavy atom. The minimum absolute atomic E-state index is 0.270. The first-order valence-corrected chi connectivity index (χ1v) is 6.27. The number of rotatable bonds is 2. The molecule has 20 heavy (non-hydrogen) atoms. The normalized spacial score (nSPS) is 10.5. The summed E-state index contributed by atoms with van der Waals surface area (Å²) in [5.74, 6) is 0.321. The fourth-order valence-electron chi connectivity index (χ4n) is 1.99. The molecule has 2 aromatic carbocycles. The summed E-state index contributed by atoms with van der Waals surface area (Å²) in [4.78, 5) is 4.47. The van der Waals surface area contributed by atoms with Crippen LogP contribution in [0.5, 0.6) is 0 Å². The third kappa shape index (κ3) is 2.40. The van der Waals surface area contributed by atoms with E-state index in [9.17, 15) is 4.39 Å². The van der Waals surface area contributed by atoms with Gasteiger partial charge in [0, 0.05) is 11.1 Å². The second kappa shape index (κ2) is 5.17. The molecule has 0 aliphatic rings. The highest BCUT2D eigenvalue weighted by atomic mass is 19.1. The van der Waals surface area contributed by atoms with E-state index in [1.807, 2.05) is 37.3 Å². The first-order valence-electron chi connectivity index (χ1n) is 6.27. The highest BCUT2D eigenvalue weighted by molar-refractivity contribution is 5.62. The molecule has 0 N–H and O–H groups in total. The van der Waals surface area contributed by atoms with Gasteiger partial charge in [0.15, 0.2) is 5.82 Å². The quantitative estimate of drug-likeness (QED) is 0.710. The lowest BCUT2D eigenvalue weighted by Gasteiger charge is -2.05. The number of hydrogen-bond acceptors (Lipinski definition) is 3. The summed E-state index contributed by atoms with van der Waals surface area (Å²) in [6.07, 6.45) is 0. The summed E-state index contributed by atoms with van der Waals surface area (Å²) < 4.78 is 12.9. The average Bonchev–Trinajstić information content (AvgIpc) is 2.49. The molecule has 3 aromatic rings. The van der Waals surface area contributed by atoms with Gasteiger partial charge < -0.3 is 0 Å². The Labute approximate surface area is 116 Å². The van der Waals surface area contributed by atoms with E-state index < -0.39 is 0 Å². The summed E-state index contributed by atoms with van der Waals surface area (Å²) >= 11 is 0. The van der Waals surface area contributed by atoms with Gasteiger partial charge in [0.1, 0.15) is 11.5 Å². The lowest BCUT2D eigenvalue weighted by atomic mass is 10.1. The molecule has 0 radical (unpaired) electrons. The van der Waals surface area contributed by atoms with Crippen LogP contribution >= 0.6 is 0 Å². The van der Waals surface area contributed by atoms with Crippen LogP contribution in [0.2, 0.25) is 0 Å². The van der Waals surface area contributed by atoms with Gasteiger partial charge in [-0.15, -0.1) is 10.2 Å². The molecule has 0 amide bonds.